The SMILES string of the molecule is CCn1c(SC[C@H](O)COc2c(C)cccc2C)nnc1-c1ccccc1. The highest BCUT2D eigenvalue weighted by Gasteiger charge is 2.15. The maximum absolute atomic E-state index is 10.3. The summed E-state index contributed by atoms with van der Waals surface area (Å²) < 4.78 is 7.91. The Morgan fingerprint density at radius 3 is 2.41 bits per heavy atom. The van der Waals surface area contributed by atoms with E-state index >= 15 is 0 Å². The van der Waals surface area contributed by atoms with Crippen molar-refractivity contribution in [2.24, 2.45) is 0 Å². The smallest absolute Gasteiger partial charge is 0.191 e. The molecule has 0 aliphatic rings. The molecule has 0 amide bonds. The highest BCUT2D eigenvalue weighted by Crippen LogP contribution is 2.25. The van der Waals surface area contributed by atoms with Gasteiger partial charge in [0.05, 0.1) is 6.10 Å². The van der Waals surface area contributed by atoms with Crippen molar-refractivity contribution in [1.29, 1.82) is 0 Å². The molecule has 2 aromatic carbocycles. The molecule has 3 rings (SSSR count). The van der Waals surface area contributed by atoms with E-state index < -0.39 is 6.10 Å². The van der Waals surface area contributed by atoms with Gasteiger partial charge in [0, 0.05) is 17.9 Å². The van der Waals surface area contributed by atoms with Gasteiger partial charge in [-0.15, -0.1) is 10.2 Å². The van der Waals surface area contributed by atoms with Gasteiger partial charge in [0.2, 0.25) is 0 Å². The summed E-state index contributed by atoms with van der Waals surface area (Å²) in [7, 11) is 0. The third-order valence-corrected chi connectivity index (χ3v) is 5.41. The molecule has 1 aromatic heterocycles. The van der Waals surface area contributed by atoms with Crippen LogP contribution in [0.2, 0.25) is 0 Å². The number of aliphatic hydroxyl groups excluding tert-OH is 1. The molecule has 0 unspecified atom stereocenters. The van der Waals surface area contributed by atoms with Crippen molar-refractivity contribution in [3.8, 4) is 17.1 Å². The van der Waals surface area contributed by atoms with Crippen molar-refractivity contribution in [2.45, 2.75) is 38.6 Å². The van der Waals surface area contributed by atoms with Crippen molar-refractivity contribution in [3.63, 3.8) is 0 Å². The van der Waals surface area contributed by atoms with Crippen LogP contribution in [0.25, 0.3) is 11.4 Å². The number of aliphatic hydroxyl groups is 1. The molecule has 0 fully saturated rings. The molecule has 27 heavy (non-hydrogen) atoms. The number of aromatic nitrogens is 3. The fourth-order valence-electron chi connectivity index (χ4n) is 2.91. The second-order valence-corrected chi connectivity index (χ2v) is 7.40. The highest BCUT2D eigenvalue weighted by molar-refractivity contribution is 7.99. The van der Waals surface area contributed by atoms with Crippen LogP contribution in [0.3, 0.4) is 0 Å². The Bertz CT molecular complexity index is 860. The first-order chi connectivity index (χ1) is 13.1. The Labute approximate surface area is 164 Å². The van der Waals surface area contributed by atoms with Gasteiger partial charge in [0.15, 0.2) is 11.0 Å². The van der Waals surface area contributed by atoms with Crippen LogP contribution in [-0.4, -0.2) is 38.3 Å². The number of para-hydroxylation sites is 1. The van der Waals surface area contributed by atoms with E-state index in [0.29, 0.717) is 5.75 Å². The minimum Gasteiger partial charge on any atom is -0.490 e. The van der Waals surface area contributed by atoms with Crippen molar-refractivity contribution in [3.05, 3.63) is 59.7 Å². The largest absolute Gasteiger partial charge is 0.490 e. The molecule has 0 saturated carbocycles. The minimum atomic E-state index is -0.587. The lowest BCUT2D eigenvalue weighted by molar-refractivity contribution is 0.125. The number of benzene rings is 2. The van der Waals surface area contributed by atoms with Crippen molar-refractivity contribution in [2.75, 3.05) is 12.4 Å². The first-order valence-corrected chi connectivity index (χ1v) is 10.1. The molecule has 1 heterocycles. The summed E-state index contributed by atoms with van der Waals surface area (Å²) in [5.41, 5.74) is 3.19. The van der Waals surface area contributed by atoms with E-state index in [0.717, 1.165) is 40.0 Å². The molecule has 142 valence electrons. The second-order valence-electron chi connectivity index (χ2n) is 6.41. The Kier molecular flexibility index (Phi) is 6.53. The van der Waals surface area contributed by atoms with Crippen LogP contribution >= 0.6 is 11.8 Å². The predicted molar refractivity (Wildman–Crippen MR) is 109 cm³/mol. The number of ether oxygens (including phenoxy) is 1. The summed E-state index contributed by atoms with van der Waals surface area (Å²) >= 11 is 1.50. The lowest BCUT2D eigenvalue weighted by Crippen LogP contribution is -2.21. The van der Waals surface area contributed by atoms with Gasteiger partial charge in [-0.3, -0.25) is 0 Å². The zero-order chi connectivity index (χ0) is 19.2. The van der Waals surface area contributed by atoms with E-state index in [4.69, 9.17) is 4.74 Å². The molecule has 3 aromatic rings. The Balaban J connectivity index is 1.61. The lowest BCUT2D eigenvalue weighted by atomic mass is 10.1. The van der Waals surface area contributed by atoms with Gasteiger partial charge in [-0.25, -0.2) is 0 Å². The average Bonchev–Trinajstić information content (AvgIpc) is 3.09. The van der Waals surface area contributed by atoms with Crippen molar-refractivity contribution >= 4 is 11.8 Å². The minimum absolute atomic E-state index is 0.254. The maximum atomic E-state index is 10.3. The standard InChI is InChI=1S/C21H25N3O2S/c1-4-24-20(17-11-6-5-7-12-17)22-23-21(24)27-14-18(25)13-26-19-15(2)9-8-10-16(19)3/h5-12,18,25H,4,13-14H2,1-3H3/t18-/m1/s1. The quantitative estimate of drug-likeness (QED) is 0.593. The number of hydrogen-bond donors (Lipinski definition) is 1. The van der Waals surface area contributed by atoms with Crippen LogP contribution in [0, 0.1) is 13.8 Å². The molecule has 6 heteroatoms. The van der Waals surface area contributed by atoms with Crippen LogP contribution in [0.5, 0.6) is 5.75 Å². The average molecular weight is 384 g/mol. The normalized spacial score (nSPS) is 12.1. The van der Waals surface area contributed by atoms with E-state index in [2.05, 4.69) is 21.7 Å². The van der Waals surface area contributed by atoms with Gasteiger partial charge in [0.1, 0.15) is 12.4 Å². The fraction of sp³-hybridized carbons (Fsp3) is 0.333. The summed E-state index contributed by atoms with van der Waals surface area (Å²) in [6.07, 6.45) is -0.587. The molecule has 0 aliphatic carbocycles. The molecule has 1 atom stereocenters. The van der Waals surface area contributed by atoms with Crippen LogP contribution in [-0.2, 0) is 6.54 Å². The van der Waals surface area contributed by atoms with Crippen LogP contribution in [0.1, 0.15) is 18.1 Å². The van der Waals surface area contributed by atoms with Gasteiger partial charge < -0.3 is 14.4 Å². The summed E-state index contributed by atoms with van der Waals surface area (Å²) in [5.74, 6) is 2.20. The first kappa shape index (κ1) is 19.5. The Morgan fingerprint density at radius 2 is 1.74 bits per heavy atom. The zero-order valence-electron chi connectivity index (χ0n) is 15.9. The molecule has 0 aliphatic heterocycles. The van der Waals surface area contributed by atoms with Crippen LogP contribution < -0.4 is 4.74 Å². The summed E-state index contributed by atoms with van der Waals surface area (Å²) in [4.78, 5) is 0. The van der Waals surface area contributed by atoms with Crippen molar-refractivity contribution < 1.29 is 9.84 Å². The van der Waals surface area contributed by atoms with Crippen LogP contribution in [0.4, 0.5) is 0 Å². The molecular weight excluding hydrogens is 358 g/mol. The van der Waals surface area contributed by atoms with Crippen molar-refractivity contribution in [1.82, 2.24) is 14.8 Å². The number of thioether (sulfide) groups is 1. The molecule has 5 nitrogen and oxygen atoms in total. The van der Waals surface area contributed by atoms with Gasteiger partial charge >= 0.3 is 0 Å². The zero-order valence-corrected chi connectivity index (χ0v) is 16.7. The molecule has 0 spiro atoms. The van der Waals surface area contributed by atoms with E-state index in [1.807, 2.05) is 62.4 Å². The Hall–Kier alpha value is -2.31. The molecule has 1 N–H and O–H groups in total. The van der Waals surface area contributed by atoms with E-state index in [9.17, 15) is 5.11 Å². The molecule has 0 bridgehead atoms. The van der Waals surface area contributed by atoms with E-state index in [1.165, 1.54) is 11.8 Å². The third-order valence-electron chi connectivity index (χ3n) is 4.30. The third kappa shape index (κ3) is 4.70. The van der Waals surface area contributed by atoms with Gasteiger partial charge in [-0.1, -0.05) is 60.3 Å². The lowest BCUT2D eigenvalue weighted by Gasteiger charge is -2.15. The van der Waals surface area contributed by atoms with E-state index in [1.54, 1.807) is 0 Å². The van der Waals surface area contributed by atoms with Crippen LogP contribution in [0.15, 0.2) is 53.7 Å². The summed E-state index contributed by atoms with van der Waals surface area (Å²) in [6.45, 7) is 7.12. The number of aryl methyl sites for hydroxylation is 2. The number of nitrogens with zero attached hydrogens (tertiary/aromatic N) is 3. The summed E-state index contributed by atoms with van der Waals surface area (Å²) in [6, 6.07) is 16.0. The topological polar surface area (TPSA) is 60.2 Å². The van der Waals surface area contributed by atoms with E-state index in [-0.39, 0.29) is 6.61 Å². The molecule has 0 saturated heterocycles. The number of rotatable bonds is 8. The summed E-state index contributed by atoms with van der Waals surface area (Å²) in [5, 5.41) is 19.8. The molecular formula is C21H25N3O2S. The first-order valence-electron chi connectivity index (χ1n) is 9.08. The second kappa shape index (κ2) is 9.06. The predicted octanol–water partition coefficient (Wildman–Crippen LogP) is 4.11. The van der Waals surface area contributed by atoms with Gasteiger partial charge in [0.25, 0.3) is 0 Å². The highest BCUT2D eigenvalue weighted by atomic mass is 32.2. The maximum Gasteiger partial charge on any atom is 0.191 e. The number of hydrogen-bond acceptors (Lipinski definition) is 5. The monoisotopic (exact) mass is 383 g/mol. The van der Waals surface area contributed by atoms with Gasteiger partial charge in [-0.2, -0.15) is 0 Å². The molecule has 0 radical (unpaired) electrons. The Morgan fingerprint density at radius 1 is 1.04 bits per heavy atom. The van der Waals surface area contributed by atoms with Gasteiger partial charge in [-0.05, 0) is 31.9 Å². The fourth-order valence-corrected chi connectivity index (χ4v) is 3.81.